The number of hydrogen-bond acceptors (Lipinski definition) is 3. The molecule has 13 heavy (non-hydrogen) atoms. The number of hydrogen-bond donors (Lipinski definition) is 1. The number of halogens is 2. The van der Waals surface area contributed by atoms with E-state index in [9.17, 15) is 4.79 Å². The quantitative estimate of drug-likeness (QED) is 0.626. The summed E-state index contributed by atoms with van der Waals surface area (Å²) < 4.78 is 5.11. The number of esters is 1. The molecule has 0 aliphatic heterocycles. The molecule has 0 bridgehead atoms. The number of nitrogens with two attached hydrogens (primary N) is 1. The molecule has 2 N–H and O–H groups in total. The summed E-state index contributed by atoms with van der Waals surface area (Å²) in [6, 6.07) is 3.08. The molecule has 0 heterocycles. The Labute approximate surface area is 88.9 Å². The van der Waals surface area contributed by atoms with Crippen LogP contribution in [-0.2, 0) is 4.74 Å². The second-order valence-corrected chi connectivity index (χ2v) is 3.63. The smallest absolute Gasteiger partial charge is 0.340 e. The zero-order chi connectivity index (χ0) is 10.0. The van der Waals surface area contributed by atoms with Crippen molar-refractivity contribution in [1.82, 2.24) is 0 Å². The van der Waals surface area contributed by atoms with Crippen LogP contribution in [0.4, 0.5) is 5.69 Å². The third-order valence-corrected chi connectivity index (χ3v) is 2.37. The molecular formula is C8H7BrClNO2. The van der Waals surface area contributed by atoms with Crippen molar-refractivity contribution in [2.75, 3.05) is 12.8 Å². The largest absolute Gasteiger partial charge is 0.465 e. The molecule has 0 aromatic heterocycles. The summed E-state index contributed by atoms with van der Waals surface area (Å²) >= 11 is 8.91. The van der Waals surface area contributed by atoms with Crippen LogP contribution >= 0.6 is 27.5 Å². The average molecular weight is 265 g/mol. The normalized spacial score (nSPS) is 9.77. The first-order valence-corrected chi connectivity index (χ1v) is 4.56. The highest BCUT2D eigenvalue weighted by atomic mass is 79.9. The Morgan fingerprint density at radius 1 is 1.62 bits per heavy atom. The van der Waals surface area contributed by atoms with Crippen LogP contribution in [0.2, 0.25) is 5.02 Å². The van der Waals surface area contributed by atoms with Gasteiger partial charge in [-0.1, -0.05) is 11.6 Å². The van der Waals surface area contributed by atoms with Crippen LogP contribution in [0.1, 0.15) is 10.4 Å². The molecule has 0 spiro atoms. The summed E-state index contributed by atoms with van der Waals surface area (Å²) in [5.41, 5.74) is 6.22. The van der Waals surface area contributed by atoms with Gasteiger partial charge in [0.15, 0.2) is 0 Å². The number of benzene rings is 1. The fourth-order valence-electron chi connectivity index (χ4n) is 0.864. The number of ether oxygens (including phenoxy) is 1. The maximum atomic E-state index is 11.2. The molecule has 0 aliphatic carbocycles. The minimum atomic E-state index is -0.499. The average Bonchev–Trinajstić information content (AvgIpc) is 2.10. The maximum absolute atomic E-state index is 11.2. The van der Waals surface area contributed by atoms with Gasteiger partial charge in [-0.3, -0.25) is 0 Å². The summed E-state index contributed by atoms with van der Waals surface area (Å²) in [5, 5.41) is 0.432. The van der Waals surface area contributed by atoms with E-state index in [0.29, 0.717) is 15.2 Å². The minimum Gasteiger partial charge on any atom is -0.465 e. The van der Waals surface area contributed by atoms with Crippen molar-refractivity contribution in [3.05, 3.63) is 27.2 Å². The predicted molar refractivity (Wildman–Crippen MR) is 54.9 cm³/mol. The summed E-state index contributed by atoms with van der Waals surface area (Å²) in [6.45, 7) is 0. The molecule has 0 amide bonds. The van der Waals surface area contributed by atoms with Crippen LogP contribution in [0.3, 0.4) is 0 Å². The number of nitrogen functional groups attached to an aromatic ring is 1. The van der Waals surface area contributed by atoms with Crippen molar-refractivity contribution in [3.8, 4) is 0 Å². The monoisotopic (exact) mass is 263 g/mol. The van der Waals surface area contributed by atoms with E-state index in [1.165, 1.54) is 13.2 Å². The molecule has 0 aliphatic rings. The SMILES string of the molecule is COC(=O)c1cc(Cl)cc(Br)c1N. The number of methoxy groups -OCH3 is 1. The second kappa shape index (κ2) is 3.98. The van der Waals surface area contributed by atoms with Crippen molar-refractivity contribution in [2.24, 2.45) is 0 Å². The van der Waals surface area contributed by atoms with Gasteiger partial charge in [0.25, 0.3) is 0 Å². The van der Waals surface area contributed by atoms with Gasteiger partial charge in [-0.15, -0.1) is 0 Å². The van der Waals surface area contributed by atoms with Crippen LogP contribution in [0.5, 0.6) is 0 Å². The first kappa shape index (κ1) is 10.3. The molecule has 3 nitrogen and oxygen atoms in total. The summed E-state index contributed by atoms with van der Waals surface area (Å²) in [7, 11) is 1.29. The first-order chi connectivity index (χ1) is 6.06. The van der Waals surface area contributed by atoms with Gasteiger partial charge >= 0.3 is 5.97 Å². The lowest BCUT2D eigenvalue weighted by Crippen LogP contribution is -2.05. The molecule has 0 atom stereocenters. The van der Waals surface area contributed by atoms with Crippen LogP contribution in [-0.4, -0.2) is 13.1 Å². The van der Waals surface area contributed by atoms with E-state index in [1.807, 2.05) is 0 Å². The molecule has 5 heteroatoms. The number of carbonyl (C=O) groups is 1. The zero-order valence-electron chi connectivity index (χ0n) is 6.80. The Morgan fingerprint density at radius 3 is 2.77 bits per heavy atom. The highest BCUT2D eigenvalue weighted by molar-refractivity contribution is 9.10. The highest BCUT2D eigenvalue weighted by Crippen LogP contribution is 2.28. The van der Waals surface area contributed by atoms with E-state index in [4.69, 9.17) is 17.3 Å². The van der Waals surface area contributed by atoms with Gasteiger partial charge in [-0.25, -0.2) is 4.79 Å². The van der Waals surface area contributed by atoms with Gasteiger partial charge < -0.3 is 10.5 Å². The molecule has 70 valence electrons. The first-order valence-electron chi connectivity index (χ1n) is 3.39. The number of carbonyl (C=O) groups excluding carboxylic acids is 1. The third kappa shape index (κ3) is 2.14. The van der Waals surface area contributed by atoms with Gasteiger partial charge in [0, 0.05) is 9.50 Å². The highest BCUT2D eigenvalue weighted by Gasteiger charge is 2.13. The topological polar surface area (TPSA) is 52.3 Å². The lowest BCUT2D eigenvalue weighted by molar-refractivity contribution is 0.0602. The van der Waals surface area contributed by atoms with E-state index in [1.54, 1.807) is 6.07 Å². The van der Waals surface area contributed by atoms with Crippen molar-refractivity contribution in [3.63, 3.8) is 0 Å². The summed E-state index contributed by atoms with van der Waals surface area (Å²) in [5.74, 6) is -0.499. The second-order valence-electron chi connectivity index (χ2n) is 2.34. The summed E-state index contributed by atoms with van der Waals surface area (Å²) in [4.78, 5) is 11.2. The van der Waals surface area contributed by atoms with Crippen LogP contribution in [0, 0.1) is 0 Å². The van der Waals surface area contributed by atoms with Crippen LogP contribution < -0.4 is 5.73 Å². The van der Waals surface area contributed by atoms with Crippen molar-refractivity contribution >= 4 is 39.2 Å². The maximum Gasteiger partial charge on any atom is 0.340 e. The van der Waals surface area contributed by atoms with Crippen LogP contribution in [0.25, 0.3) is 0 Å². The van der Waals surface area contributed by atoms with Crippen LogP contribution in [0.15, 0.2) is 16.6 Å². The van der Waals surface area contributed by atoms with Gasteiger partial charge in [0.1, 0.15) is 0 Å². The Bertz CT molecular complexity index is 354. The third-order valence-electron chi connectivity index (χ3n) is 1.50. The van der Waals surface area contributed by atoms with E-state index in [0.717, 1.165) is 0 Å². The van der Waals surface area contributed by atoms with Gasteiger partial charge in [-0.2, -0.15) is 0 Å². The Hall–Kier alpha value is -0.740. The molecule has 1 rings (SSSR count). The van der Waals surface area contributed by atoms with Gasteiger partial charge in [0.2, 0.25) is 0 Å². The minimum absolute atomic E-state index is 0.266. The van der Waals surface area contributed by atoms with E-state index in [-0.39, 0.29) is 5.56 Å². The predicted octanol–water partition coefficient (Wildman–Crippen LogP) is 2.47. The molecule has 0 unspecified atom stereocenters. The van der Waals surface area contributed by atoms with Crippen molar-refractivity contribution in [2.45, 2.75) is 0 Å². The Balaban J connectivity index is 3.28. The fraction of sp³-hybridized carbons (Fsp3) is 0.125. The summed E-state index contributed by atoms with van der Waals surface area (Å²) in [6.07, 6.45) is 0. The van der Waals surface area contributed by atoms with Gasteiger partial charge in [-0.05, 0) is 28.1 Å². The van der Waals surface area contributed by atoms with Crippen molar-refractivity contribution < 1.29 is 9.53 Å². The molecule has 1 aromatic rings. The molecule has 0 saturated heterocycles. The lowest BCUT2D eigenvalue weighted by Gasteiger charge is -2.05. The lowest BCUT2D eigenvalue weighted by atomic mass is 10.2. The molecule has 0 fully saturated rings. The van der Waals surface area contributed by atoms with Gasteiger partial charge in [0.05, 0.1) is 18.4 Å². The van der Waals surface area contributed by atoms with E-state index < -0.39 is 5.97 Å². The number of rotatable bonds is 1. The Kier molecular flexibility index (Phi) is 3.17. The zero-order valence-corrected chi connectivity index (χ0v) is 9.15. The van der Waals surface area contributed by atoms with E-state index in [2.05, 4.69) is 20.7 Å². The fourth-order valence-corrected chi connectivity index (χ4v) is 1.67. The Morgan fingerprint density at radius 2 is 2.23 bits per heavy atom. The number of anilines is 1. The molecule has 0 saturated carbocycles. The molecule has 1 aromatic carbocycles. The van der Waals surface area contributed by atoms with E-state index >= 15 is 0 Å². The van der Waals surface area contributed by atoms with Crippen molar-refractivity contribution in [1.29, 1.82) is 0 Å². The molecule has 0 radical (unpaired) electrons. The molecular weight excluding hydrogens is 257 g/mol. The standard InChI is InChI=1S/C8H7BrClNO2/c1-13-8(12)5-2-4(10)3-6(9)7(5)11/h2-3H,11H2,1H3.